The van der Waals surface area contributed by atoms with Crippen LogP contribution in [0.4, 0.5) is 8.78 Å². The summed E-state index contributed by atoms with van der Waals surface area (Å²) < 4.78 is 61.6. The quantitative estimate of drug-likeness (QED) is 0.448. The van der Waals surface area contributed by atoms with Gasteiger partial charge in [0.15, 0.2) is 17.5 Å². The van der Waals surface area contributed by atoms with Crippen LogP contribution in [0.5, 0.6) is 11.8 Å². The number of sulfonamides is 1. The number of halogens is 2. The summed E-state index contributed by atoms with van der Waals surface area (Å²) in [6, 6.07) is 9.20. The smallest absolute Gasteiger partial charge is 0.322 e. The van der Waals surface area contributed by atoms with Crippen molar-refractivity contribution in [3.05, 3.63) is 66.1 Å². The minimum absolute atomic E-state index is 0.197. The molecule has 0 spiro atoms. The van der Waals surface area contributed by atoms with E-state index in [0.29, 0.717) is 24.2 Å². The van der Waals surface area contributed by atoms with Gasteiger partial charge in [0.1, 0.15) is 5.75 Å². The Kier molecular flexibility index (Phi) is 5.46. The molecule has 2 aromatic carbocycles. The third-order valence-electron chi connectivity index (χ3n) is 4.72. The number of ether oxygens (including phenoxy) is 1. The van der Waals surface area contributed by atoms with Crippen molar-refractivity contribution in [2.75, 3.05) is 0 Å². The van der Waals surface area contributed by atoms with Crippen LogP contribution in [0.25, 0.3) is 10.9 Å². The lowest BCUT2D eigenvalue weighted by atomic mass is 10.2. The average Bonchev–Trinajstić information content (AvgIpc) is 3.35. The topological polar surface area (TPSA) is 102 Å². The van der Waals surface area contributed by atoms with Crippen LogP contribution in [0.3, 0.4) is 0 Å². The number of nitrogens with one attached hydrogen (secondary N) is 2. The number of fused-ring (bicyclic) bond motifs is 1. The maximum atomic E-state index is 13.5. The maximum Gasteiger partial charge on any atom is 0.322 e. The summed E-state index contributed by atoms with van der Waals surface area (Å²) in [4.78, 5) is 2.70. The number of benzene rings is 2. The van der Waals surface area contributed by atoms with E-state index in [9.17, 15) is 17.2 Å². The fourth-order valence-corrected chi connectivity index (χ4v) is 4.40. The molecule has 4 aromatic rings. The van der Waals surface area contributed by atoms with Crippen LogP contribution >= 0.6 is 0 Å². The van der Waals surface area contributed by atoms with Crippen molar-refractivity contribution in [1.82, 2.24) is 24.5 Å². The van der Waals surface area contributed by atoms with Gasteiger partial charge in [0.25, 0.3) is 0 Å². The number of nitrogens with zero attached hydrogens (tertiary/aromatic N) is 3. The van der Waals surface area contributed by atoms with Gasteiger partial charge in [0, 0.05) is 24.3 Å². The summed E-state index contributed by atoms with van der Waals surface area (Å²) in [6.45, 7) is 3.83. The van der Waals surface area contributed by atoms with Crippen molar-refractivity contribution in [3.63, 3.8) is 0 Å². The Balaban J connectivity index is 1.57. The number of aromatic amines is 1. The Bertz CT molecular complexity index is 1350. The maximum absolute atomic E-state index is 13.5. The van der Waals surface area contributed by atoms with Gasteiger partial charge in [-0.2, -0.15) is 0 Å². The normalized spacial score (nSPS) is 12.9. The number of H-pyrrole nitrogens is 1. The van der Waals surface area contributed by atoms with Gasteiger partial charge in [0.2, 0.25) is 10.0 Å². The second kappa shape index (κ2) is 8.08. The van der Waals surface area contributed by atoms with Crippen molar-refractivity contribution in [1.29, 1.82) is 0 Å². The minimum atomic E-state index is -4.12. The van der Waals surface area contributed by atoms with Crippen molar-refractivity contribution in [3.8, 4) is 11.8 Å². The fraction of sp³-hybridized carbons (Fsp3) is 0.200. The monoisotopic (exact) mass is 447 g/mol. The summed E-state index contributed by atoms with van der Waals surface area (Å²) >= 11 is 0. The molecular formula is C20H19F2N5O3S. The Morgan fingerprint density at radius 3 is 2.68 bits per heavy atom. The summed E-state index contributed by atoms with van der Waals surface area (Å²) in [6.07, 6.45) is 1.82. The molecule has 0 aliphatic rings. The molecule has 0 amide bonds. The minimum Gasteiger partial charge on any atom is -0.424 e. The first kappa shape index (κ1) is 20.9. The van der Waals surface area contributed by atoms with Crippen LogP contribution in [-0.4, -0.2) is 28.2 Å². The highest BCUT2D eigenvalue weighted by atomic mass is 32.2. The van der Waals surface area contributed by atoms with Crippen molar-refractivity contribution >= 4 is 20.9 Å². The van der Waals surface area contributed by atoms with Gasteiger partial charge in [-0.1, -0.05) is 5.10 Å². The van der Waals surface area contributed by atoms with E-state index < -0.39 is 32.6 Å². The predicted octanol–water partition coefficient (Wildman–Crippen LogP) is 3.89. The van der Waals surface area contributed by atoms with Gasteiger partial charge in [-0.15, -0.1) is 5.10 Å². The molecule has 2 aromatic heterocycles. The molecule has 4 rings (SSSR count). The molecule has 0 radical (unpaired) electrons. The van der Waals surface area contributed by atoms with E-state index in [1.807, 2.05) is 31.3 Å². The third-order valence-corrected chi connectivity index (χ3v) is 6.26. The number of rotatable bonds is 7. The first-order valence-corrected chi connectivity index (χ1v) is 10.9. The summed E-state index contributed by atoms with van der Waals surface area (Å²) in [7, 11) is -4.12. The van der Waals surface area contributed by atoms with E-state index in [1.165, 1.54) is 0 Å². The lowest BCUT2D eigenvalue weighted by Gasteiger charge is -2.15. The van der Waals surface area contributed by atoms with Crippen molar-refractivity contribution < 1.29 is 21.9 Å². The molecule has 2 heterocycles. The molecule has 0 bridgehead atoms. The van der Waals surface area contributed by atoms with E-state index in [2.05, 4.69) is 19.9 Å². The standard InChI is InChI=1S/C20H19F2N5O3S/c1-3-27-19(12(2)26-31(28,29)15-6-7-16(21)17(22)11-15)24-25-20(27)30-14-5-4-13-8-9-23-18(13)10-14/h4-12,23,26H,3H2,1-2H3/t12-/m1/s1. The summed E-state index contributed by atoms with van der Waals surface area (Å²) in [5.74, 6) is -1.53. The molecule has 2 N–H and O–H groups in total. The van der Waals surface area contributed by atoms with Crippen molar-refractivity contribution in [2.24, 2.45) is 0 Å². The molecule has 0 unspecified atom stereocenters. The molecule has 0 aliphatic heterocycles. The van der Waals surface area contributed by atoms with Crippen LogP contribution < -0.4 is 9.46 Å². The van der Waals surface area contributed by atoms with E-state index in [0.717, 1.165) is 23.0 Å². The second-order valence-electron chi connectivity index (χ2n) is 6.83. The Hall–Kier alpha value is -3.31. The molecule has 0 saturated heterocycles. The van der Waals surface area contributed by atoms with E-state index in [-0.39, 0.29) is 6.01 Å². The summed E-state index contributed by atoms with van der Waals surface area (Å²) in [5, 5.41) is 9.13. The van der Waals surface area contributed by atoms with E-state index in [4.69, 9.17) is 4.74 Å². The van der Waals surface area contributed by atoms with Gasteiger partial charge in [0.05, 0.1) is 10.9 Å². The van der Waals surface area contributed by atoms with Crippen LogP contribution in [0.15, 0.2) is 53.6 Å². The second-order valence-corrected chi connectivity index (χ2v) is 8.55. The molecule has 162 valence electrons. The molecule has 0 aliphatic carbocycles. The zero-order chi connectivity index (χ0) is 22.2. The van der Waals surface area contributed by atoms with Gasteiger partial charge in [-0.05, 0) is 55.6 Å². The zero-order valence-corrected chi connectivity index (χ0v) is 17.5. The van der Waals surface area contributed by atoms with E-state index >= 15 is 0 Å². The van der Waals surface area contributed by atoms with Gasteiger partial charge >= 0.3 is 6.01 Å². The lowest BCUT2D eigenvalue weighted by molar-refractivity contribution is 0.408. The number of hydrogen-bond acceptors (Lipinski definition) is 5. The predicted molar refractivity (Wildman–Crippen MR) is 109 cm³/mol. The zero-order valence-electron chi connectivity index (χ0n) is 16.6. The SMILES string of the molecule is CCn1c(Oc2ccc3cc[nH]c3c2)nnc1[C@@H](C)NS(=O)(=O)c1ccc(F)c(F)c1. The molecular weight excluding hydrogens is 428 g/mol. The lowest BCUT2D eigenvalue weighted by Crippen LogP contribution is -2.29. The Morgan fingerprint density at radius 2 is 1.94 bits per heavy atom. The van der Waals surface area contributed by atoms with Gasteiger partial charge < -0.3 is 9.72 Å². The first-order valence-electron chi connectivity index (χ1n) is 9.44. The van der Waals surface area contributed by atoms with Crippen LogP contribution in [0, 0.1) is 11.6 Å². The van der Waals surface area contributed by atoms with Crippen molar-refractivity contribution in [2.45, 2.75) is 31.3 Å². The third kappa shape index (κ3) is 4.14. The highest BCUT2D eigenvalue weighted by molar-refractivity contribution is 7.89. The first-order chi connectivity index (χ1) is 14.8. The van der Waals surface area contributed by atoms with Crippen LogP contribution in [0.1, 0.15) is 25.7 Å². The Morgan fingerprint density at radius 1 is 1.13 bits per heavy atom. The van der Waals surface area contributed by atoms with E-state index in [1.54, 1.807) is 17.6 Å². The number of hydrogen-bond donors (Lipinski definition) is 2. The molecule has 1 atom stereocenters. The fourth-order valence-electron chi connectivity index (χ4n) is 3.19. The van der Waals surface area contributed by atoms with Crippen LogP contribution in [-0.2, 0) is 16.6 Å². The van der Waals surface area contributed by atoms with Gasteiger partial charge in [-0.25, -0.2) is 21.9 Å². The highest BCUT2D eigenvalue weighted by Gasteiger charge is 2.25. The summed E-state index contributed by atoms with van der Waals surface area (Å²) in [5.41, 5.74) is 0.896. The van der Waals surface area contributed by atoms with Crippen LogP contribution in [0.2, 0.25) is 0 Å². The molecule has 11 heteroatoms. The highest BCUT2D eigenvalue weighted by Crippen LogP contribution is 2.26. The molecule has 31 heavy (non-hydrogen) atoms. The average molecular weight is 447 g/mol. The van der Waals surface area contributed by atoms with Gasteiger partial charge in [-0.3, -0.25) is 4.57 Å². The molecule has 0 fully saturated rings. The number of aromatic nitrogens is 4. The molecule has 8 nitrogen and oxygen atoms in total. The largest absolute Gasteiger partial charge is 0.424 e. The molecule has 0 saturated carbocycles. The Labute approximate surface area is 176 Å².